The van der Waals surface area contributed by atoms with Crippen LogP contribution in [0, 0.1) is 17.1 Å². The Kier molecular flexibility index (Phi) is 6.52. The summed E-state index contributed by atoms with van der Waals surface area (Å²) in [5.41, 5.74) is 1.19. The molecule has 0 radical (unpaired) electrons. The van der Waals surface area contributed by atoms with Gasteiger partial charge in [-0.05, 0) is 37.3 Å². The first-order valence-electron chi connectivity index (χ1n) is 9.47. The Balaban J connectivity index is 1.56. The summed E-state index contributed by atoms with van der Waals surface area (Å²) in [5, 5.41) is 8.95. The van der Waals surface area contributed by atoms with E-state index in [1.54, 1.807) is 35.2 Å². The molecule has 1 aliphatic rings. The summed E-state index contributed by atoms with van der Waals surface area (Å²) in [4.78, 5) is 27.4. The number of halogens is 1. The van der Waals surface area contributed by atoms with Crippen LogP contribution in [0.2, 0.25) is 0 Å². The third-order valence-corrected chi connectivity index (χ3v) is 4.97. The van der Waals surface area contributed by atoms with Crippen LogP contribution >= 0.6 is 0 Å². The second-order valence-electron chi connectivity index (χ2n) is 6.86. The summed E-state index contributed by atoms with van der Waals surface area (Å²) in [7, 11) is 1.46. The summed E-state index contributed by atoms with van der Waals surface area (Å²) in [6.07, 6.45) is 0. The Labute approximate surface area is 174 Å². The van der Waals surface area contributed by atoms with Crippen molar-refractivity contribution in [1.29, 1.82) is 5.26 Å². The van der Waals surface area contributed by atoms with Gasteiger partial charge in [0.2, 0.25) is 0 Å². The number of methoxy groups -OCH3 is 1. The van der Waals surface area contributed by atoms with Crippen LogP contribution in [0.5, 0.6) is 11.5 Å². The predicted molar refractivity (Wildman–Crippen MR) is 108 cm³/mol. The molecule has 2 aromatic carbocycles. The molecule has 0 aliphatic carbocycles. The minimum atomic E-state index is -0.446. The smallest absolute Gasteiger partial charge is 0.260 e. The number of hydrogen-bond donors (Lipinski definition) is 0. The van der Waals surface area contributed by atoms with Crippen LogP contribution < -0.4 is 14.4 Å². The summed E-state index contributed by atoms with van der Waals surface area (Å²) in [5.74, 6) is -0.0470. The maximum atomic E-state index is 14.4. The minimum absolute atomic E-state index is 0.163. The lowest BCUT2D eigenvalue weighted by atomic mass is 10.1. The molecular formula is C22H22FN3O4. The van der Waals surface area contributed by atoms with Crippen molar-refractivity contribution in [2.24, 2.45) is 0 Å². The lowest BCUT2D eigenvalue weighted by molar-refractivity contribution is -0.133. The summed E-state index contributed by atoms with van der Waals surface area (Å²) >= 11 is 0. The highest BCUT2D eigenvalue weighted by Crippen LogP contribution is 2.28. The fraction of sp³-hybridized carbons (Fsp3) is 0.318. The SMILES string of the molecule is COc1cc(C#N)ccc1OCC(=O)N1CCN(c2ccc(C(C)=O)cc2F)CC1. The van der Waals surface area contributed by atoms with E-state index in [0.717, 1.165) is 0 Å². The topological polar surface area (TPSA) is 82.9 Å². The van der Waals surface area contributed by atoms with E-state index in [-0.39, 0.29) is 18.3 Å². The van der Waals surface area contributed by atoms with Gasteiger partial charge < -0.3 is 19.3 Å². The number of nitrogens with zero attached hydrogens (tertiary/aromatic N) is 3. The van der Waals surface area contributed by atoms with Crippen LogP contribution in [0.4, 0.5) is 10.1 Å². The van der Waals surface area contributed by atoms with Crippen molar-refractivity contribution in [2.45, 2.75) is 6.92 Å². The first-order chi connectivity index (χ1) is 14.4. The fourth-order valence-electron chi connectivity index (χ4n) is 3.27. The first-order valence-corrected chi connectivity index (χ1v) is 9.47. The maximum Gasteiger partial charge on any atom is 0.260 e. The average molecular weight is 411 g/mol. The van der Waals surface area contributed by atoms with Gasteiger partial charge in [-0.1, -0.05) is 0 Å². The van der Waals surface area contributed by atoms with Crippen LogP contribution in [-0.2, 0) is 4.79 Å². The number of rotatable bonds is 6. The molecule has 0 aromatic heterocycles. The van der Waals surface area contributed by atoms with Gasteiger partial charge in [-0.25, -0.2) is 4.39 Å². The van der Waals surface area contributed by atoms with Crippen molar-refractivity contribution in [1.82, 2.24) is 4.90 Å². The van der Waals surface area contributed by atoms with Crippen molar-refractivity contribution >= 4 is 17.4 Å². The molecule has 0 spiro atoms. The Morgan fingerprint density at radius 2 is 1.83 bits per heavy atom. The van der Waals surface area contributed by atoms with E-state index in [9.17, 15) is 14.0 Å². The van der Waals surface area contributed by atoms with E-state index < -0.39 is 5.82 Å². The number of ketones is 1. The van der Waals surface area contributed by atoms with Gasteiger partial charge in [0.25, 0.3) is 5.91 Å². The predicted octanol–water partition coefficient (Wildman–Crippen LogP) is 2.64. The highest BCUT2D eigenvalue weighted by atomic mass is 19.1. The molecular weight excluding hydrogens is 389 g/mol. The second kappa shape index (κ2) is 9.27. The number of benzene rings is 2. The van der Waals surface area contributed by atoms with E-state index in [2.05, 4.69) is 0 Å². The largest absolute Gasteiger partial charge is 0.493 e. The molecule has 1 heterocycles. The van der Waals surface area contributed by atoms with Gasteiger partial charge in [0.1, 0.15) is 5.82 Å². The van der Waals surface area contributed by atoms with Gasteiger partial charge in [0, 0.05) is 37.8 Å². The zero-order valence-electron chi connectivity index (χ0n) is 16.9. The number of piperazine rings is 1. The number of amides is 1. The number of ether oxygens (including phenoxy) is 2. The Morgan fingerprint density at radius 3 is 2.43 bits per heavy atom. The Morgan fingerprint density at radius 1 is 1.10 bits per heavy atom. The van der Waals surface area contributed by atoms with Crippen molar-refractivity contribution in [3.63, 3.8) is 0 Å². The van der Waals surface area contributed by atoms with Gasteiger partial charge in [0.05, 0.1) is 24.4 Å². The van der Waals surface area contributed by atoms with E-state index in [0.29, 0.717) is 54.5 Å². The molecule has 30 heavy (non-hydrogen) atoms. The molecule has 0 atom stereocenters. The highest BCUT2D eigenvalue weighted by Gasteiger charge is 2.23. The fourth-order valence-corrected chi connectivity index (χ4v) is 3.27. The number of nitriles is 1. The van der Waals surface area contributed by atoms with Crippen LogP contribution in [-0.4, -0.2) is 56.5 Å². The van der Waals surface area contributed by atoms with Crippen molar-refractivity contribution in [3.05, 3.63) is 53.3 Å². The molecule has 2 aromatic rings. The number of carbonyl (C=O) groups excluding carboxylic acids is 2. The quantitative estimate of drug-likeness (QED) is 0.680. The summed E-state index contributed by atoms with van der Waals surface area (Å²) in [6, 6.07) is 11.2. The van der Waals surface area contributed by atoms with Gasteiger partial charge in [0.15, 0.2) is 23.9 Å². The molecule has 3 rings (SSSR count). The number of anilines is 1. The number of carbonyl (C=O) groups is 2. The van der Waals surface area contributed by atoms with Crippen molar-refractivity contribution in [2.75, 3.05) is 44.8 Å². The van der Waals surface area contributed by atoms with E-state index in [1.165, 1.54) is 20.1 Å². The molecule has 1 saturated heterocycles. The zero-order valence-corrected chi connectivity index (χ0v) is 16.9. The van der Waals surface area contributed by atoms with Crippen LogP contribution in [0.25, 0.3) is 0 Å². The van der Waals surface area contributed by atoms with Crippen LogP contribution in [0.1, 0.15) is 22.8 Å². The van der Waals surface area contributed by atoms with Crippen molar-refractivity contribution < 1.29 is 23.5 Å². The van der Waals surface area contributed by atoms with Gasteiger partial charge >= 0.3 is 0 Å². The average Bonchev–Trinajstić information content (AvgIpc) is 2.77. The number of Topliss-reactive ketones (excluding diaryl/α,β-unsaturated/α-hetero) is 1. The highest BCUT2D eigenvalue weighted by molar-refractivity contribution is 5.94. The van der Waals surface area contributed by atoms with E-state index >= 15 is 0 Å². The van der Waals surface area contributed by atoms with E-state index in [1.807, 2.05) is 11.0 Å². The van der Waals surface area contributed by atoms with E-state index in [4.69, 9.17) is 14.7 Å². The molecule has 8 heteroatoms. The molecule has 0 unspecified atom stereocenters. The molecule has 0 N–H and O–H groups in total. The van der Waals surface area contributed by atoms with Gasteiger partial charge in [-0.15, -0.1) is 0 Å². The Hall–Kier alpha value is -3.60. The summed E-state index contributed by atoms with van der Waals surface area (Å²) < 4.78 is 25.1. The third-order valence-electron chi connectivity index (χ3n) is 4.97. The molecule has 1 fully saturated rings. The van der Waals surface area contributed by atoms with Crippen molar-refractivity contribution in [3.8, 4) is 17.6 Å². The maximum absolute atomic E-state index is 14.4. The van der Waals surface area contributed by atoms with Gasteiger partial charge in [-0.3, -0.25) is 9.59 Å². The summed E-state index contributed by atoms with van der Waals surface area (Å²) in [6.45, 7) is 3.05. The molecule has 1 amide bonds. The first kappa shape index (κ1) is 21.1. The zero-order chi connectivity index (χ0) is 21.7. The standard InChI is InChI=1S/C22H22FN3O4/c1-15(27)17-4-5-19(18(23)12-17)25-7-9-26(10-8-25)22(28)14-30-20-6-3-16(13-24)11-21(20)29-2/h3-6,11-12H,7-10,14H2,1-2H3. The van der Waals surface area contributed by atoms with Gasteiger partial charge in [-0.2, -0.15) is 5.26 Å². The molecule has 7 nitrogen and oxygen atoms in total. The molecule has 1 aliphatic heterocycles. The monoisotopic (exact) mass is 411 g/mol. The molecule has 0 saturated carbocycles. The Bertz CT molecular complexity index is 994. The third kappa shape index (κ3) is 4.69. The lowest BCUT2D eigenvalue weighted by Crippen LogP contribution is -2.50. The molecule has 0 bridgehead atoms. The lowest BCUT2D eigenvalue weighted by Gasteiger charge is -2.36. The number of hydrogen-bond acceptors (Lipinski definition) is 6. The second-order valence-corrected chi connectivity index (χ2v) is 6.86. The van der Waals surface area contributed by atoms with Crippen LogP contribution in [0.15, 0.2) is 36.4 Å². The minimum Gasteiger partial charge on any atom is -0.493 e. The normalized spacial score (nSPS) is 13.5. The molecule has 156 valence electrons. The van der Waals surface area contributed by atoms with Crippen LogP contribution in [0.3, 0.4) is 0 Å².